The Bertz CT molecular complexity index is 1060. The first-order valence-corrected chi connectivity index (χ1v) is 10.5. The van der Waals surface area contributed by atoms with Crippen molar-refractivity contribution in [3.63, 3.8) is 0 Å². The van der Waals surface area contributed by atoms with E-state index in [2.05, 4.69) is 28.4 Å². The summed E-state index contributed by atoms with van der Waals surface area (Å²) in [5.74, 6) is 1.66. The molecular weight excluding hydrogens is 362 g/mol. The molecule has 0 saturated carbocycles. The maximum absolute atomic E-state index is 13.2. The van der Waals surface area contributed by atoms with E-state index < -0.39 is 0 Å². The molecular formula is C23H27N5O. The maximum atomic E-state index is 13.2. The molecule has 0 N–H and O–H groups in total. The number of fused-ring (bicyclic) bond motifs is 2. The second-order valence-electron chi connectivity index (χ2n) is 8.33. The lowest BCUT2D eigenvalue weighted by Crippen LogP contribution is -2.38. The third-order valence-electron chi connectivity index (χ3n) is 6.45. The quantitative estimate of drug-likeness (QED) is 0.675. The minimum Gasteiger partial charge on any atom is -0.339 e. The highest BCUT2D eigenvalue weighted by atomic mass is 16.2. The molecule has 3 aromatic rings. The number of aromatic nitrogens is 3. The van der Waals surface area contributed by atoms with Gasteiger partial charge >= 0.3 is 0 Å². The van der Waals surface area contributed by atoms with Crippen molar-refractivity contribution in [2.24, 2.45) is 0 Å². The van der Waals surface area contributed by atoms with Gasteiger partial charge in [-0.15, -0.1) is 0 Å². The Morgan fingerprint density at radius 3 is 2.69 bits per heavy atom. The van der Waals surface area contributed by atoms with Crippen LogP contribution in [0.25, 0.3) is 10.9 Å². The number of imidazole rings is 1. The molecule has 1 aromatic carbocycles. The Balaban J connectivity index is 1.34. The molecule has 0 unspecified atom stereocenters. The van der Waals surface area contributed by atoms with Crippen molar-refractivity contribution < 1.29 is 4.79 Å². The maximum Gasteiger partial charge on any atom is 0.256 e. The van der Waals surface area contributed by atoms with Crippen LogP contribution in [-0.4, -0.2) is 56.9 Å². The molecule has 2 aromatic heterocycles. The van der Waals surface area contributed by atoms with E-state index in [4.69, 9.17) is 4.98 Å². The summed E-state index contributed by atoms with van der Waals surface area (Å²) in [4.78, 5) is 26.9. The first-order valence-electron chi connectivity index (χ1n) is 10.5. The van der Waals surface area contributed by atoms with Crippen molar-refractivity contribution in [1.82, 2.24) is 24.3 Å². The SMILES string of the molecule is Cc1nc(C2CCN(C(=O)c3cccc4cccnc34)CC2)c2n1CCN(C)C2. The second-order valence-corrected chi connectivity index (χ2v) is 8.33. The summed E-state index contributed by atoms with van der Waals surface area (Å²) in [7, 11) is 2.18. The van der Waals surface area contributed by atoms with Gasteiger partial charge in [0.1, 0.15) is 5.82 Å². The summed E-state index contributed by atoms with van der Waals surface area (Å²) in [5.41, 5.74) is 4.13. The Labute approximate surface area is 171 Å². The first kappa shape index (κ1) is 18.3. The molecule has 0 atom stereocenters. The fourth-order valence-corrected chi connectivity index (χ4v) is 4.83. The second kappa shape index (κ2) is 7.26. The Kier molecular flexibility index (Phi) is 4.59. The highest BCUT2D eigenvalue weighted by Gasteiger charge is 2.30. The zero-order valence-corrected chi connectivity index (χ0v) is 17.1. The number of rotatable bonds is 2. The van der Waals surface area contributed by atoms with Gasteiger partial charge in [0.2, 0.25) is 0 Å². The number of piperidine rings is 1. The lowest BCUT2D eigenvalue weighted by atomic mass is 9.91. The standard InChI is InChI=1S/C23H27N5O/c1-16-25-22(20-15-26(2)13-14-28(16)20)18-8-11-27(12-9-18)23(29)19-7-3-5-17-6-4-10-24-21(17)19/h3-7,10,18H,8-9,11-15H2,1-2H3. The highest BCUT2D eigenvalue weighted by Crippen LogP contribution is 2.33. The van der Waals surface area contributed by atoms with Crippen LogP contribution in [-0.2, 0) is 13.1 Å². The van der Waals surface area contributed by atoms with Gasteiger partial charge in [-0.1, -0.05) is 18.2 Å². The van der Waals surface area contributed by atoms with Crippen LogP contribution in [0.2, 0.25) is 0 Å². The summed E-state index contributed by atoms with van der Waals surface area (Å²) >= 11 is 0. The van der Waals surface area contributed by atoms with E-state index >= 15 is 0 Å². The number of carbonyl (C=O) groups is 1. The number of hydrogen-bond acceptors (Lipinski definition) is 4. The summed E-state index contributed by atoms with van der Waals surface area (Å²) in [5, 5.41) is 1.01. The molecule has 1 amide bonds. The number of nitrogens with zero attached hydrogens (tertiary/aromatic N) is 5. The normalized spacial score (nSPS) is 18.2. The smallest absolute Gasteiger partial charge is 0.256 e. The topological polar surface area (TPSA) is 54.3 Å². The summed E-state index contributed by atoms with van der Waals surface area (Å²) in [6.07, 6.45) is 3.70. The van der Waals surface area contributed by atoms with Gasteiger partial charge in [0.15, 0.2) is 0 Å². The number of pyridine rings is 1. The fraction of sp³-hybridized carbons (Fsp3) is 0.435. The van der Waals surface area contributed by atoms with E-state index in [1.165, 1.54) is 11.4 Å². The van der Waals surface area contributed by atoms with Crippen molar-refractivity contribution in [3.05, 3.63) is 59.3 Å². The van der Waals surface area contributed by atoms with Crippen molar-refractivity contribution in [3.8, 4) is 0 Å². The zero-order chi connectivity index (χ0) is 20.0. The lowest BCUT2D eigenvalue weighted by Gasteiger charge is -2.33. The third kappa shape index (κ3) is 3.21. The minimum atomic E-state index is 0.0931. The van der Waals surface area contributed by atoms with Crippen molar-refractivity contribution in [2.75, 3.05) is 26.7 Å². The molecule has 1 fully saturated rings. The van der Waals surface area contributed by atoms with Crippen LogP contribution in [0.5, 0.6) is 0 Å². The van der Waals surface area contributed by atoms with Gasteiger partial charge in [-0.25, -0.2) is 4.98 Å². The van der Waals surface area contributed by atoms with Crippen LogP contribution >= 0.6 is 0 Å². The number of amides is 1. The lowest BCUT2D eigenvalue weighted by molar-refractivity contribution is 0.0713. The van der Waals surface area contributed by atoms with Gasteiger partial charge in [0, 0.05) is 50.2 Å². The average Bonchev–Trinajstić information content (AvgIpc) is 3.08. The van der Waals surface area contributed by atoms with Crippen LogP contribution in [0.3, 0.4) is 0 Å². The van der Waals surface area contributed by atoms with Crippen LogP contribution in [0.4, 0.5) is 0 Å². The van der Waals surface area contributed by atoms with Crippen LogP contribution in [0.15, 0.2) is 36.5 Å². The number of aryl methyl sites for hydroxylation is 1. The molecule has 4 heterocycles. The summed E-state index contributed by atoms with van der Waals surface area (Å²) < 4.78 is 2.38. The average molecular weight is 390 g/mol. The Hall–Kier alpha value is -2.73. The predicted octanol–water partition coefficient (Wildman–Crippen LogP) is 3.20. The van der Waals surface area contributed by atoms with Crippen molar-refractivity contribution in [1.29, 1.82) is 0 Å². The number of benzene rings is 1. The minimum absolute atomic E-state index is 0.0931. The largest absolute Gasteiger partial charge is 0.339 e. The van der Waals surface area contributed by atoms with E-state index in [1.807, 2.05) is 35.2 Å². The Morgan fingerprint density at radius 1 is 1.07 bits per heavy atom. The molecule has 0 bridgehead atoms. The van der Waals surface area contributed by atoms with Gasteiger partial charge in [-0.2, -0.15) is 0 Å². The van der Waals surface area contributed by atoms with Crippen LogP contribution in [0.1, 0.15) is 46.3 Å². The van der Waals surface area contributed by atoms with E-state index in [1.54, 1.807) is 6.20 Å². The number of hydrogen-bond donors (Lipinski definition) is 0. The van der Waals surface area contributed by atoms with E-state index in [9.17, 15) is 4.79 Å². The van der Waals surface area contributed by atoms with Gasteiger partial charge in [-0.3, -0.25) is 14.7 Å². The molecule has 0 aliphatic carbocycles. The molecule has 0 spiro atoms. The summed E-state index contributed by atoms with van der Waals surface area (Å²) in [6.45, 7) is 6.73. The van der Waals surface area contributed by atoms with E-state index in [0.29, 0.717) is 11.5 Å². The molecule has 6 nitrogen and oxygen atoms in total. The molecule has 2 aliphatic rings. The molecule has 1 saturated heterocycles. The molecule has 5 rings (SSSR count). The number of carbonyl (C=O) groups excluding carboxylic acids is 1. The van der Waals surface area contributed by atoms with Crippen LogP contribution < -0.4 is 0 Å². The van der Waals surface area contributed by atoms with Crippen molar-refractivity contribution in [2.45, 2.75) is 38.8 Å². The number of para-hydroxylation sites is 1. The Morgan fingerprint density at radius 2 is 1.86 bits per heavy atom. The first-order chi connectivity index (χ1) is 14.1. The van der Waals surface area contributed by atoms with Gasteiger partial charge < -0.3 is 9.47 Å². The van der Waals surface area contributed by atoms with Crippen LogP contribution in [0, 0.1) is 6.92 Å². The van der Waals surface area contributed by atoms with Gasteiger partial charge in [0.25, 0.3) is 5.91 Å². The third-order valence-corrected chi connectivity index (χ3v) is 6.45. The summed E-state index contributed by atoms with van der Waals surface area (Å²) in [6, 6.07) is 9.77. The highest BCUT2D eigenvalue weighted by molar-refractivity contribution is 6.05. The predicted molar refractivity (Wildman–Crippen MR) is 113 cm³/mol. The number of likely N-dealkylation sites (tertiary alicyclic amines) is 1. The molecule has 29 heavy (non-hydrogen) atoms. The fourth-order valence-electron chi connectivity index (χ4n) is 4.83. The van der Waals surface area contributed by atoms with Gasteiger partial charge in [0.05, 0.1) is 22.5 Å². The molecule has 2 aliphatic heterocycles. The monoisotopic (exact) mass is 389 g/mol. The number of likely N-dealkylation sites (N-methyl/N-ethyl adjacent to an activating group) is 1. The molecule has 6 heteroatoms. The zero-order valence-electron chi connectivity index (χ0n) is 17.1. The van der Waals surface area contributed by atoms with E-state index in [0.717, 1.165) is 62.3 Å². The van der Waals surface area contributed by atoms with Crippen molar-refractivity contribution >= 4 is 16.8 Å². The molecule has 150 valence electrons. The van der Waals surface area contributed by atoms with Gasteiger partial charge in [-0.05, 0) is 38.9 Å². The molecule has 0 radical (unpaired) electrons. The van der Waals surface area contributed by atoms with E-state index in [-0.39, 0.29) is 5.91 Å².